The maximum Gasteiger partial charge on any atom is 0.194 e. The number of thioether (sulfide) groups is 1. The lowest BCUT2D eigenvalue weighted by molar-refractivity contribution is 0.103. The van der Waals surface area contributed by atoms with E-state index >= 15 is 0 Å². The van der Waals surface area contributed by atoms with Crippen molar-refractivity contribution in [3.05, 3.63) is 92.2 Å². The number of aliphatic imine (C=N–C) groups is 1. The van der Waals surface area contributed by atoms with Crippen LogP contribution in [-0.4, -0.2) is 15.9 Å². The van der Waals surface area contributed by atoms with Gasteiger partial charge in [-0.25, -0.2) is 14.4 Å². The third-order valence-electron chi connectivity index (χ3n) is 4.78. The highest BCUT2D eigenvalue weighted by Gasteiger charge is 2.39. The minimum atomic E-state index is -0.695. The highest BCUT2D eigenvalue weighted by molar-refractivity contribution is 8.13. The van der Waals surface area contributed by atoms with Crippen LogP contribution in [-0.2, 0) is 5.75 Å². The number of rotatable bonds is 3. The molecule has 4 nitrogen and oxygen atoms in total. The first-order valence-corrected chi connectivity index (χ1v) is 11.0. The summed E-state index contributed by atoms with van der Waals surface area (Å²) < 4.78 is 15.1. The number of nitrogens with zero attached hydrogens (tertiary/aromatic N) is 2. The predicted molar refractivity (Wildman–Crippen MR) is 116 cm³/mol. The van der Waals surface area contributed by atoms with Crippen LogP contribution in [0, 0.1) is 5.82 Å². The smallest absolute Gasteiger partial charge is 0.194 e. The molecule has 144 valence electrons. The summed E-state index contributed by atoms with van der Waals surface area (Å²) in [5.41, 5.74) is 3.02. The number of aromatic nitrogens is 1. The maximum atomic E-state index is 14.6. The van der Waals surface area contributed by atoms with E-state index in [-0.39, 0.29) is 11.6 Å². The Kier molecular flexibility index (Phi) is 4.73. The Bertz CT molecular complexity index is 1200. The van der Waals surface area contributed by atoms with Gasteiger partial charge in [-0.2, -0.15) is 0 Å². The zero-order valence-corrected chi connectivity index (χ0v) is 17.2. The molecule has 1 aliphatic heterocycles. The number of nitrogens with one attached hydrogen (secondary N) is 1. The van der Waals surface area contributed by atoms with Crippen LogP contribution in [0.1, 0.15) is 32.4 Å². The highest BCUT2D eigenvalue weighted by atomic mass is 35.5. The van der Waals surface area contributed by atoms with Crippen LogP contribution in [0.25, 0.3) is 5.70 Å². The number of ketones is 1. The molecule has 5 rings (SSSR count). The van der Waals surface area contributed by atoms with Crippen molar-refractivity contribution in [2.75, 3.05) is 0 Å². The van der Waals surface area contributed by atoms with Gasteiger partial charge in [0.25, 0.3) is 0 Å². The van der Waals surface area contributed by atoms with E-state index in [0.717, 1.165) is 10.4 Å². The standard InChI is InChI=1S/C21H13ClFN3OS2/c22-20-24-9-11(29-20)10-28-21-25-17-12-5-1-2-6-13(12)19(27)16(17)18(26-21)14-7-3-4-8-15(14)23/h1-9,18H,10H2,(H,25,26)/t18-/m0/s1. The second-order valence-corrected chi connectivity index (χ2v) is 9.18. The van der Waals surface area contributed by atoms with Gasteiger partial charge in [0.15, 0.2) is 15.4 Å². The number of fused-ring (bicyclic) bond motifs is 2. The molecule has 1 atom stereocenters. The van der Waals surface area contributed by atoms with E-state index < -0.39 is 6.04 Å². The number of hydrogen-bond acceptors (Lipinski definition) is 6. The number of halogens is 2. The lowest BCUT2D eigenvalue weighted by Gasteiger charge is -2.24. The van der Waals surface area contributed by atoms with Crippen molar-refractivity contribution in [3.63, 3.8) is 0 Å². The molecular weight excluding hydrogens is 429 g/mol. The van der Waals surface area contributed by atoms with Crippen LogP contribution in [0.2, 0.25) is 4.47 Å². The summed E-state index contributed by atoms with van der Waals surface area (Å²) in [5.74, 6) is 0.133. The first-order chi connectivity index (χ1) is 14.1. The van der Waals surface area contributed by atoms with Crippen LogP contribution in [0.3, 0.4) is 0 Å². The summed E-state index contributed by atoms with van der Waals surface area (Å²) in [6.45, 7) is 0. The van der Waals surface area contributed by atoms with Crippen LogP contribution in [0.5, 0.6) is 0 Å². The van der Waals surface area contributed by atoms with Crippen LogP contribution in [0.15, 0.2) is 65.3 Å². The van der Waals surface area contributed by atoms with Crippen molar-refractivity contribution >= 4 is 51.3 Å². The number of carbonyl (C=O) groups excluding carboxylic acids is 1. The summed E-state index contributed by atoms with van der Waals surface area (Å²) >= 11 is 8.80. The van der Waals surface area contributed by atoms with E-state index in [9.17, 15) is 9.18 Å². The van der Waals surface area contributed by atoms with E-state index in [4.69, 9.17) is 16.6 Å². The number of benzene rings is 2. The molecule has 29 heavy (non-hydrogen) atoms. The molecule has 0 radical (unpaired) electrons. The number of carbonyl (C=O) groups is 1. The Balaban J connectivity index is 1.55. The van der Waals surface area contributed by atoms with Crippen molar-refractivity contribution in [2.45, 2.75) is 11.8 Å². The summed E-state index contributed by atoms with van der Waals surface area (Å²) in [6, 6.07) is 13.2. The molecule has 2 aromatic carbocycles. The SMILES string of the molecule is O=C1C2=C(NC(SCc3cnc(Cl)s3)=N[C@H]2c2ccccc2F)c2ccccc21. The average molecular weight is 442 g/mol. The molecule has 0 amide bonds. The van der Waals surface area contributed by atoms with Gasteiger partial charge in [0.2, 0.25) is 0 Å². The van der Waals surface area contributed by atoms with Crippen molar-refractivity contribution in [3.8, 4) is 0 Å². The quantitative estimate of drug-likeness (QED) is 0.585. The number of hydrogen-bond donors (Lipinski definition) is 1. The van der Waals surface area contributed by atoms with Crippen molar-refractivity contribution < 1.29 is 9.18 Å². The molecule has 0 saturated carbocycles. The Labute approximate surface area is 179 Å². The van der Waals surface area contributed by atoms with Gasteiger partial charge in [0.05, 0.1) is 11.3 Å². The largest absolute Gasteiger partial charge is 0.334 e. The molecule has 8 heteroatoms. The second kappa shape index (κ2) is 7.40. The van der Waals surface area contributed by atoms with Gasteiger partial charge in [0.1, 0.15) is 11.9 Å². The molecule has 0 saturated heterocycles. The molecule has 0 bridgehead atoms. The van der Waals surface area contributed by atoms with Gasteiger partial charge in [-0.05, 0) is 6.07 Å². The van der Waals surface area contributed by atoms with Crippen molar-refractivity contribution in [2.24, 2.45) is 4.99 Å². The van der Waals surface area contributed by atoms with Gasteiger partial charge >= 0.3 is 0 Å². The summed E-state index contributed by atoms with van der Waals surface area (Å²) in [5, 5.41) is 3.93. The summed E-state index contributed by atoms with van der Waals surface area (Å²) in [7, 11) is 0. The van der Waals surface area contributed by atoms with E-state index in [1.54, 1.807) is 30.5 Å². The van der Waals surface area contributed by atoms with Gasteiger partial charge < -0.3 is 5.32 Å². The Hall–Kier alpha value is -2.48. The number of thiazole rings is 1. The zero-order chi connectivity index (χ0) is 20.0. The first-order valence-electron chi connectivity index (χ1n) is 8.82. The third kappa shape index (κ3) is 3.29. The van der Waals surface area contributed by atoms with Crippen LogP contribution in [0.4, 0.5) is 4.39 Å². The second-order valence-electron chi connectivity index (χ2n) is 6.51. The number of Topliss-reactive ketones (excluding diaryl/α,β-unsaturated/α-hetero) is 1. The molecule has 1 aromatic heterocycles. The van der Waals surface area contributed by atoms with Gasteiger partial charge in [0, 0.05) is 33.5 Å². The zero-order valence-electron chi connectivity index (χ0n) is 14.9. The predicted octanol–water partition coefficient (Wildman–Crippen LogP) is 5.48. The summed E-state index contributed by atoms with van der Waals surface area (Å²) in [6.07, 6.45) is 1.73. The fourth-order valence-corrected chi connectivity index (χ4v) is 5.40. The van der Waals surface area contributed by atoms with E-state index in [1.807, 2.05) is 18.2 Å². The maximum absolute atomic E-state index is 14.6. The molecule has 1 aliphatic carbocycles. The normalized spacial score (nSPS) is 17.7. The molecule has 2 heterocycles. The van der Waals surface area contributed by atoms with Crippen LogP contribution >= 0.6 is 34.7 Å². The first kappa shape index (κ1) is 18.5. The van der Waals surface area contributed by atoms with Crippen molar-refractivity contribution in [1.29, 1.82) is 0 Å². The Morgan fingerprint density at radius 1 is 1.14 bits per heavy atom. The molecule has 1 N–H and O–H groups in total. The Morgan fingerprint density at radius 2 is 1.90 bits per heavy atom. The van der Waals surface area contributed by atoms with Crippen molar-refractivity contribution in [1.82, 2.24) is 10.3 Å². The lowest BCUT2D eigenvalue weighted by Crippen LogP contribution is -2.27. The Morgan fingerprint density at radius 3 is 2.66 bits per heavy atom. The molecule has 0 fully saturated rings. The van der Waals surface area contributed by atoms with E-state index in [0.29, 0.717) is 37.8 Å². The fourth-order valence-electron chi connectivity index (χ4n) is 3.50. The average Bonchev–Trinajstić information content (AvgIpc) is 3.28. The van der Waals surface area contributed by atoms with Gasteiger partial charge in [-0.15, -0.1) is 11.3 Å². The molecule has 0 unspecified atom stereocenters. The molecule has 3 aromatic rings. The highest BCUT2D eigenvalue weighted by Crippen LogP contribution is 2.43. The van der Waals surface area contributed by atoms with E-state index in [2.05, 4.69) is 10.3 Å². The fraction of sp³-hybridized carbons (Fsp3) is 0.0952. The third-order valence-corrected chi connectivity index (χ3v) is 7.02. The minimum Gasteiger partial charge on any atom is -0.334 e. The van der Waals surface area contributed by atoms with Gasteiger partial charge in [-0.1, -0.05) is 65.8 Å². The number of amidine groups is 1. The van der Waals surface area contributed by atoms with Crippen LogP contribution < -0.4 is 5.32 Å². The lowest BCUT2D eigenvalue weighted by atomic mass is 9.95. The molecular formula is C21H13ClFN3OS2. The monoisotopic (exact) mass is 441 g/mol. The van der Waals surface area contributed by atoms with Gasteiger partial charge in [-0.3, -0.25) is 4.79 Å². The topological polar surface area (TPSA) is 54.4 Å². The molecule has 0 spiro atoms. The minimum absolute atomic E-state index is 0.113. The van der Waals surface area contributed by atoms with E-state index in [1.165, 1.54) is 29.2 Å². The summed E-state index contributed by atoms with van der Waals surface area (Å²) in [4.78, 5) is 22.9. The molecule has 2 aliphatic rings.